The maximum atomic E-state index is 4.74. The SMILES string of the molecule is C1=CC2=NC1=Cc1ccc3[n]1[Pb][n]1c(ccc1=CC1=NC(=C3)C=C1)=C2. The zero-order chi connectivity index (χ0) is 16.4. The molecule has 2 aromatic rings. The zero-order valence-electron chi connectivity index (χ0n) is 13.2. The molecule has 6 rings (SSSR count). The number of hydrogen-bond donors (Lipinski definition) is 0. The molecular formula is C20H12N4Pb. The number of aromatic nitrogens is 2. The van der Waals surface area contributed by atoms with Crippen molar-refractivity contribution in [2.45, 2.75) is 0 Å². The Hall–Kier alpha value is -2.48. The van der Waals surface area contributed by atoms with Crippen molar-refractivity contribution >= 4 is 60.6 Å². The van der Waals surface area contributed by atoms with Gasteiger partial charge in [-0.25, -0.2) is 0 Å². The van der Waals surface area contributed by atoms with Crippen LogP contribution in [0, 0.1) is 0 Å². The molecule has 0 N–H and O–H groups in total. The van der Waals surface area contributed by atoms with Crippen LogP contribution in [0.25, 0.3) is 24.3 Å². The van der Waals surface area contributed by atoms with Gasteiger partial charge in [0.2, 0.25) is 0 Å². The number of aliphatic imine (C=N–C) groups is 2. The topological polar surface area (TPSA) is 34.6 Å². The van der Waals surface area contributed by atoms with Crippen molar-refractivity contribution in [1.29, 1.82) is 0 Å². The Morgan fingerprint density at radius 1 is 0.600 bits per heavy atom. The van der Waals surface area contributed by atoms with Gasteiger partial charge in [0.25, 0.3) is 0 Å². The van der Waals surface area contributed by atoms with Gasteiger partial charge in [-0.05, 0) is 0 Å². The summed E-state index contributed by atoms with van der Waals surface area (Å²) in [4.78, 5) is 9.48. The molecule has 4 nitrogen and oxygen atoms in total. The third-order valence-corrected chi connectivity index (χ3v) is 10.2. The van der Waals surface area contributed by atoms with Crippen LogP contribution in [0.15, 0.2) is 69.9 Å². The van der Waals surface area contributed by atoms with Crippen LogP contribution in [-0.4, -0.2) is 41.0 Å². The molecule has 0 atom stereocenters. The van der Waals surface area contributed by atoms with Gasteiger partial charge < -0.3 is 0 Å². The molecule has 6 heterocycles. The van der Waals surface area contributed by atoms with Gasteiger partial charge in [-0.2, -0.15) is 0 Å². The first kappa shape index (κ1) is 13.8. The molecule has 0 aliphatic carbocycles. The van der Waals surface area contributed by atoms with Gasteiger partial charge >= 0.3 is 157 Å². The van der Waals surface area contributed by atoms with Crippen LogP contribution < -0.4 is 10.7 Å². The molecule has 4 aliphatic rings. The van der Waals surface area contributed by atoms with Gasteiger partial charge in [0.15, 0.2) is 0 Å². The van der Waals surface area contributed by atoms with Crippen LogP contribution in [0.5, 0.6) is 0 Å². The Bertz CT molecular complexity index is 1160. The summed E-state index contributed by atoms with van der Waals surface area (Å²) >= 11 is -1.39. The van der Waals surface area contributed by atoms with Crippen molar-refractivity contribution in [2.75, 3.05) is 0 Å². The summed E-state index contributed by atoms with van der Waals surface area (Å²) in [6.07, 6.45) is 17.1. The Morgan fingerprint density at radius 2 is 1.16 bits per heavy atom. The van der Waals surface area contributed by atoms with Gasteiger partial charge in [-0.15, -0.1) is 0 Å². The fourth-order valence-electron chi connectivity index (χ4n) is 3.44. The van der Waals surface area contributed by atoms with E-state index in [0.29, 0.717) is 0 Å². The molecule has 0 amide bonds. The molecule has 0 aromatic carbocycles. The number of allylic oxidation sites excluding steroid dienone is 4. The normalized spacial score (nSPS) is 18.7. The number of fused-ring (bicyclic) bond motifs is 2. The Labute approximate surface area is 157 Å². The molecule has 0 unspecified atom stereocenters. The summed E-state index contributed by atoms with van der Waals surface area (Å²) in [5.41, 5.74) is 6.56. The molecular weight excluding hydrogens is 503 g/mol. The molecule has 0 fully saturated rings. The van der Waals surface area contributed by atoms with Crippen LogP contribution in [-0.2, 0) is 0 Å². The molecule has 0 saturated heterocycles. The van der Waals surface area contributed by atoms with E-state index < -0.39 is 24.8 Å². The van der Waals surface area contributed by atoms with Crippen LogP contribution in [0.4, 0.5) is 0 Å². The Morgan fingerprint density at radius 3 is 1.72 bits per heavy atom. The van der Waals surface area contributed by atoms with E-state index in [1.54, 1.807) is 0 Å². The van der Waals surface area contributed by atoms with E-state index in [0.717, 1.165) is 22.8 Å². The fourth-order valence-corrected chi connectivity index (χ4v) is 8.17. The molecule has 2 radical (unpaired) electrons. The van der Waals surface area contributed by atoms with E-state index in [2.05, 4.69) is 77.6 Å². The molecule has 116 valence electrons. The third-order valence-electron chi connectivity index (χ3n) is 4.63. The van der Waals surface area contributed by atoms with E-state index in [4.69, 9.17) is 9.98 Å². The van der Waals surface area contributed by atoms with Crippen molar-refractivity contribution in [3.8, 4) is 0 Å². The second kappa shape index (κ2) is 5.01. The van der Waals surface area contributed by atoms with Crippen molar-refractivity contribution < 1.29 is 0 Å². The average molecular weight is 516 g/mol. The second-order valence-corrected chi connectivity index (χ2v) is 10.6. The maximum absolute atomic E-state index is 4.74. The standard InChI is InChI=1S/C20H12N4.Pb/c1-2-14-10-16-5-6-18(23-16)12-20-8-7-19(24-20)11-17-4-3-15(22-17)9-13(1)21-14;/h1-12H;/q-2;+2. The molecule has 4 aliphatic heterocycles. The second-order valence-electron chi connectivity index (χ2n) is 6.30. The summed E-state index contributed by atoms with van der Waals surface area (Å²) in [6.45, 7) is 0. The molecule has 0 saturated carbocycles. The van der Waals surface area contributed by atoms with Crippen LogP contribution >= 0.6 is 0 Å². The predicted octanol–water partition coefficient (Wildman–Crippen LogP) is 1.51. The number of nitrogens with zero attached hydrogens (tertiary/aromatic N) is 4. The van der Waals surface area contributed by atoms with Crippen LogP contribution in [0.2, 0.25) is 0 Å². The van der Waals surface area contributed by atoms with Gasteiger partial charge in [-0.1, -0.05) is 0 Å². The van der Waals surface area contributed by atoms with Crippen molar-refractivity contribution in [3.05, 3.63) is 82.0 Å². The molecule has 2 aromatic heterocycles. The van der Waals surface area contributed by atoms with Gasteiger partial charge in [-0.3, -0.25) is 0 Å². The summed E-state index contributed by atoms with van der Waals surface area (Å²) in [5.74, 6) is 0. The van der Waals surface area contributed by atoms with Gasteiger partial charge in [0, 0.05) is 0 Å². The Kier molecular flexibility index (Phi) is 2.76. The molecule has 6 bridgehead atoms. The summed E-state index contributed by atoms with van der Waals surface area (Å²) in [6, 6.07) is 8.80. The Balaban J connectivity index is 1.79. The zero-order valence-corrected chi connectivity index (χ0v) is 17.1. The van der Waals surface area contributed by atoms with E-state index in [9.17, 15) is 0 Å². The molecule has 0 spiro atoms. The van der Waals surface area contributed by atoms with Gasteiger partial charge in [0.1, 0.15) is 0 Å². The minimum atomic E-state index is -1.39. The van der Waals surface area contributed by atoms with E-state index in [1.165, 1.54) is 22.1 Å². The summed E-state index contributed by atoms with van der Waals surface area (Å²) in [5, 5.41) is 2.47. The van der Waals surface area contributed by atoms with Crippen molar-refractivity contribution in [1.82, 2.24) is 4.75 Å². The van der Waals surface area contributed by atoms with Gasteiger partial charge in [0.05, 0.1) is 0 Å². The average Bonchev–Trinajstić information content (AvgIpc) is 3.37. The number of rotatable bonds is 0. The molecule has 25 heavy (non-hydrogen) atoms. The first-order chi connectivity index (χ1) is 12.3. The number of hydrogen-bond acceptors (Lipinski definition) is 2. The fraction of sp³-hybridized carbons (Fsp3) is 0. The third kappa shape index (κ3) is 2.17. The first-order valence-electron chi connectivity index (χ1n) is 8.19. The monoisotopic (exact) mass is 516 g/mol. The van der Waals surface area contributed by atoms with Crippen LogP contribution in [0.1, 0.15) is 11.4 Å². The van der Waals surface area contributed by atoms with E-state index in [1.807, 2.05) is 0 Å². The van der Waals surface area contributed by atoms with Crippen molar-refractivity contribution in [3.63, 3.8) is 0 Å². The molecule has 5 heteroatoms. The minimum absolute atomic E-state index is 1.02. The van der Waals surface area contributed by atoms with E-state index in [-0.39, 0.29) is 0 Å². The van der Waals surface area contributed by atoms with E-state index >= 15 is 0 Å². The predicted molar refractivity (Wildman–Crippen MR) is 103 cm³/mol. The first-order valence-corrected chi connectivity index (χ1v) is 11.7. The summed E-state index contributed by atoms with van der Waals surface area (Å²) in [7, 11) is 0. The quantitative estimate of drug-likeness (QED) is 0.477. The summed E-state index contributed by atoms with van der Waals surface area (Å²) < 4.78 is 5.02. The van der Waals surface area contributed by atoms with Crippen molar-refractivity contribution in [2.24, 2.45) is 9.98 Å². The van der Waals surface area contributed by atoms with Crippen LogP contribution in [0.3, 0.4) is 0 Å².